The highest BCUT2D eigenvalue weighted by Gasteiger charge is 2.12. The maximum atomic E-state index is 5.51. The van der Waals surface area contributed by atoms with Crippen molar-refractivity contribution in [3.05, 3.63) is 0 Å². The summed E-state index contributed by atoms with van der Waals surface area (Å²) in [6.45, 7) is 9.82. The third-order valence-corrected chi connectivity index (χ3v) is 2.42. The van der Waals surface area contributed by atoms with Crippen LogP contribution < -0.4 is 5.73 Å². The van der Waals surface area contributed by atoms with Gasteiger partial charge in [0.15, 0.2) is 0 Å². The van der Waals surface area contributed by atoms with E-state index in [2.05, 4.69) is 18.7 Å². The summed E-state index contributed by atoms with van der Waals surface area (Å²) in [5.41, 5.74) is 5.51. The molecule has 4 heteroatoms. The second-order valence-corrected chi connectivity index (χ2v) is 3.87. The third kappa shape index (κ3) is 6.29. The van der Waals surface area contributed by atoms with E-state index in [1.54, 1.807) is 0 Å². The van der Waals surface area contributed by atoms with E-state index in [0.29, 0.717) is 11.0 Å². The number of ether oxygens (including phenoxy) is 1. The van der Waals surface area contributed by atoms with Gasteiger partial charge in [-0.3, -0.25) is 4.90 Å². The van der Waals surface area contributed by atoms with E-state index < -0.39 is 0 Å². The molecule has 0 amide bonds. The van der Waals surface area contributed by atoms with Gasteiger partial charge >= 0.3 is 0 Å². The Hall–Kier alpha value is -0.190. The molecule has 0 fully saturated rings. The molecule has 0 rings (SSSR count). The average Bonchev–Trinajstić information content (AvgIpc) is 2.11. The van der Waals surface area contributed by atoms with Crippen molar-refractivity contribution in [2.45, 2.75) is 33.2 Å². The third-order valence-electron chi connectivity index (χ3n) is 2.25. The molecule has 0 bridgehead atoms. The molecule has 0 saturated carbocycles. The Bertz CT molecular complexity index is 164. The molecular formula is C10H22N2OS. The van der Waals surface area contributed by atoms with Crippen molar-refractivity contribution in [3.8, 4) is 0 Å². The van der Waals surface area contributed by atoms with Gasteiger partial charge in [0.2, 0.25) is 0 Å². The first-order valence-electron chi connectivity index (χ1n) is 5.21. The van der Waals surface area contributed by atoms with Gasteiger partial charge in [0.25, 0.3) is 0 Å². The van der Waals surface area contributed by atoms with Crippen LogP contribution in [0, 0.1) is 0 Å². The van der Waals surface area contributed by atoms with Crippen molar-refractivity contribution in [1.29, 1.82) is 0 Å². The lowest BCUT2D eigenvalue weighted by molar-refractivity contribution is 0.102. The number of hydrogen-bond acceptors (Lipinski definition) is 3. The zero-order chi connectivity index (χ0) is 11.0. The normalized spacial score (nSPS) is 13.1. The highest BCUT2D eigenvalue weighted by molar-refractivity contribution is 7.80. The molecule has 0 spiro atoms. The standard InChI is InChI=1S/C10H22N2OS/c1-4-12(6-7-13-5-2)9(3)8-10(11)14/h9H,4-8H2,1-3H3,(H2,11,14). The van der Waals surface area contributed by atoms with E-state index in [4.69, 9.17) is 22.7 Å². The van der Waals surface area contributed by atoms with E-state index in [1.165, 1.54) is 0 Å². The molecule has 84 valence electrons. The summed E-state index contributed by atoms with van der Waals surface area (Å²) >= 11 is 4.89. The quantitative estimate of drug-likeness (QED) is 0.494. The molecule has 3 nitrogen and oxygen atoms in total. The summed E-state index contributed by atoms with van der Waals surface area (Å²) in [7, 11) is 0. The Morgan fingerprint density at radius 1 is 1.50 bits per heavy atom. The van der Waals surface area contributed by atoms with Crippen molar-refractivity contribution >= 4 is 17.2 Å². The van der Waals surface area contributed by atoms with Crippen LogP contribution in [0.2, 0.25) is 0 Å². The summed E-state index contributed by atoms with van der Waals surface area (Å²) in [5, 5.41) is 0. The van der Waals surface area contributed by atoms with E-state index in [0.717, 1.165) is 32.7 Å². The van der Waals surface area contributed by atoms with Gasteiger partial charge in [-0.1, -0.05) is 19.1 Å². The molecule has 0 aliphatic carbocycles. The van der Waals surface area contributed by atoms with Gasteiger partial charge in [0, 0.05) is 25.6 Å². The zero-order valence-corrected chi connectivity index (χ0v) is 10.3. The molecule has 0 radical (unpaired) electrons. The Kier molecular flexibility index (Phi) is 8.04. The second kappa shape index (κ2) is 8.15. The first kappa shape index (κ1) is 13.8. The minimum absolute atomic E-state index is 0.415. The predicted molar refractivity (Wildman–Crippen MR) is 64.6 cm³/mol. The fourth-order valence-electron chi connectivity index (χ4n) is 1.44. The van der Waals surface area contributed by atoms with Gasteiger partial charge in [-0.2, -0.15) is 0 Å². The summed E-state index contributed by atoms with van der Waals surface area (Å²) < 4.78 is 5.32. The number of nitrogens with zero attached hydrogens (tertiary/aromatic N) is 1. The van der Waals surface area contributed by atoms with Crippen LogP contribution in [0.3, 0.4) is 0 Å². The number of thiocarbonyl (C=S) groups is 1. The highest BCUT2D eigenvalue weighted by atomic mass is 32.1. The van der Waals surface area contributed by atoms with Crippen LogP contribution in [0.5, 0.6) is 0 Å². The maximum Gasteiger partial charge on any atom is 0.0742 e. The van der Waals surface area contributed by atoms with Crippen LogP contribution >= 0.6 is 12.2 Å². The Labute approximate surface area is 92.6 Å². The highest BCUT2D eigenvalue weighted by Crippen LogP contribution is 2.03. The SMILES string of the molecule is CCOCCN(CC)C(C)CC(N)=S. The average molecular weight is 218 g/mol. The van der Waals surface area contributed by atoms with Crippen LogP contribution in [-0.4, -0.2) is 42.2 Å². The van der Waals surface area contributed by atoms with Crippen LogP contribution in [0.4, 0.5) is 0 Å². The molecule has 0 aliphatic rings. The predicted octanol–water partition coefficient (Wildman–Crippen LogP) is 1.41. The Balaban J connectivity index is 3.80. The number of hydrogen-bond donors (Lipinski definition) is 1. The van der Waals surface area contributed by atoms with Crippen molar-refractivity contribution < 1.29 is 4.74 Å². The molecule has 0 aromatic rings. The molecule has 0 aromatic heterocycles. The molecule has 0 saturated heterocycles. The van der Waals surface area contributed by atoms with Crippen LogP contribution in [-0.2, 0) is 4.74 Å². The summed E-state index contributed by atoms with van der Waals surface area (Å²) in [6.07, 6.45) is 0.787. The summed E-state index contributed by atoms with van der Waals surface area (Å²) in [6, 6.07) is 0.415. The van der Waals surface area contributed by atoms with E-state index >= 15 is 0 Å². The van der Waals surface area contributed by atoms with Gasteiger partial charge in [-0.15, -0.1) is 0 Å². The molecule has 0 heterocycles. The Morgan fingerprint density at radius 3 is 2.57 bits per heavy atom. The molecular weight excluding hydrogens is 196 g/mol. The minimum atomic E-state index is 0.415. The molecule has 0 aliphatic heterocycles. The van der Waals surface area contributed by atoms with Crippen molar-refractivity contribution in [2.24, 2.45) is 5.73 Å². The molecule has 2 N–H and O–H groups in total. The van der Waals surface area contributed by atoms with Crippen molar-refractivity contribution in [2.75, 3.05) is 26.3 Å². The van der Waals surface area contributed by atoms with Crippen molar-refractivity contribution in [1.82, 2.24) is 4.90 Å². The summed E-state index contributed by atoms with van der Waals surface area (Å²) in [5.74, 6) is 0. The fourth-order valence-corrected chi connectivity index (χ4v) is 1.68. The van der Waals surface area contributed by atoms with Crippen LogP contribution in [0.15, 0.2) is 0 Å². The number of nitrogens with two attached hydrogens (primary N) is 1. The molecule has 1 atom stereocenters. The lowest BCUT2D eigenvalue weighted by atomic mass is 10.2. The smallest absolute Gasteiger partial charge is 0.0742 e. The topological polar surface area (TPSA) is 38.5 Å². The lowest BCUT2D eigenvalue weighted by Crippen LogP contribution is -2.37. The maximum absolute atomic E-state index is 5.51. The Morgan fingerprint density at radius 2 is 2.14 bits per heavy atom. The van der Waals surface area contributed by atoms with Crippen LogP contribution in [0.25, 0.3) is 0 Å². The van der Waals surface area contributed by atoms with E-state index in [-0.39, 0.29) is 0 Å². The number of likely N-dealkylation sites (N-methyl/N-ethyl adjacent to an activating group) is 1. The molecule has 0 aromatic carbocycles. The van der Waals surface area contributed by atoms with E-state index in [9.17, 15) is 0 Å². The minimum Gasteiger partial charge on any atom is -0.393 e. The zero-order valence-electron chi connectivity index (χ0n) is 9.45. The first-order valence-corrected chi connectivity index (χ1v) is 5.62. The first-order chi connectivity index (χ1) is 6.61. The van der Waals surface area contributed by atoms with Crippen LogP contribution in [0.1, 0.15) is 27.2 Å². The fraction of sp³-hybridized carbons (Fsp3) is 0.900. The van der Waals surface area contributed by atoms with Gasteiger partial charge in [-0.05, 0) is 20.4 Å². The molecule has 14 heavy (non-hydrogen) atoms. The van der Waals surface area contributed by atoms with Gasteiger partial charge in [0.1, 0.15) is 0 Å². The van der Waals surface area contributed by atoms with Gasteiger partial charge in [-0.25, -0.2) is 0 Å². The largest absolute Gasteiger partial charge is 0.393 e. The lowest BCUT2D eigenvalue weighted by Gasteiger charge is -2.27. The number of rotatable bonds is 8. The van der Waals surface area contributed by atoms with Crippen molar-refractivity contribution in [3.63, 3.8) is 0 Å². The second-order valence-electron chi connectivity index (χ2n) is 3.34. The monoisotopic (exact) mass is 218 g/mol. The van der Waals surface area contributed by atoms with Gasteiger partial charge in [0.05, 0.1) is 11.6 Å². The molecule has 1 unspecified atom stereocenters. The summed E-state index contributed by atoms with van der Waals surface area (Å²) in [4.78, 5) is 2.92. The van der Waals surface area contributed by atoms with E-state index in [1.807, 2.05) is 6.92 Å². The van der Waals surface area contributed by atoms with Gasteiger partial charge < -0.3 is 10.5 Å².